The highest BCUT2D eigenvalue weighted by Crippen LogP contribution is 2.66. The number of allylic oxidation sites excluding steroid dienone is 2. The second kappa shape index (κ2) is 5.68. The zero-order valence-electron chi connectivity index (χ0n) is 15.9. The van der Waals surface area contributed by atoms with Gasteiger partial charge in [0, 0.05) is 28.5 Å². The minimum atomic E-state index is 0. The summed E-state index contributed by atoms with van der Waals surface area (Å²) in [5.74, 6) is 2.74. The Kier molecular flexibility index (Phi) is 3.61. The van der Waals surface area contributed by atoms with E-state index in [0.717, 1.165) is 11.8 Å². The summed E-state index contributed by atoms with van der Waals surface area (Å²) >= 11 is 0. The number of nitrogens with zero attached hydrogens (tertiary/aromatic N) is 1. The van der Waals surface area contributed by atoms with Gasteiger partial charge in [-0.15, -0.1) is 0 Å². The number of hydrogen-bond donors (Lipinski definition) is 0. The third-order valence-corrected chi connectivity index (χ3v) is 8.58. The topological polar surface area (TPSA) is 39.2 Å². The Morgan fingerprint density at radius 3 is 2.92 bits per heavy atom. The molecular weight excluding hydrogens is 322 g/mol. The van der Waals surface area contributed by atoms with Gasteiger partial charge in [0.1, 0.15) is 0 Å². The summed E-state index contributed by atoms with van der Waals surface area (Å²) in [5.41, 5.74) is 3.30. The molecule has 2 heterocycles. The molecule has 2 saturated carbocycles. The lowest BCUT2D eigenvalue weighted by molar-refractivity contribution is -0.178. The summed E-state index contributed by atoms with van der Waals surface area (Å²) in [6.45, 7) is 5.55. The largest absolute Gasteiger partial charge is 0.465 e. The van der Waals surface area contributed by atoms with Crippen LogP contribution in [0, 0.1) is 34.5 Å². The van der Waals surface area contributed by atoms with E-state index < -0.39 is 0 Å². The van der Waals surface area contributed by atoms with Crippen LogP contribution in [0.5, 0.6) is 0 Å². The Bertz CT molecular complexity index is 771. The van der Waals surface area contributed by atoms with Gasteiger partial charge in [0.2, 0.25) is 0 Å². The average Bonchev–Trinajstić information content (AvgIpc) is 3.00. The maximum absolute atomic E-state index is 11.8. The molecule has 0 amide bonds. The fourth-order valence-corrected chi connectivity index (χ4v) is 7.13. The van der Waals surface area contributed by atoms with Crippen molar-refractivity contribution in [3.63, 3.8) is 0 Å². The molecule has 0 aromatic carbocycles. The Balaban J connectivity index is 0.000001000. The number of pyridine rings is 1. The second-order valence-corrected chi connectivity index (χ2v) is 9.57. The summed E-state index contributed by atoms with van der Waals surface area (Å²) in [6, 6.07) is 4.28. The molecule has 6 atom stereocenters. The van der Waals surface area contributed by atoms with Crippen LogP contribution < -0.4 is 0 Å². The highest BCUT2D eigenvalue weighted by atomic mass is 16.5. The summed E-state index contributed by atoms with van der Waals surface area (Å²) in [5, 5.41) is 0. The molecule has 3 heteroatoms. The van der Waals surface area contributed by atoms with E-state index in [1.807, 2.05) is 12.4 Å². The van der Waals surface area contributed by atoms with Crippen LogP contribution in [0.3, 0.4) is 0 Å². The molecule has 3 aliphatic carbocycles. The predicted molar refractivity (Wildman–Crippen MR) is 107 cm³/mol. The average molecular weight is 358 g/mol. The first kappa shape index (κ1) is 16.5. The van der Waals surface area contributed by atoms with Crippen LogP contribution >= 0.6 is 0 Å². The molecular formula is C23H35NO2. The SMILES string of the molecule is C[C@]12COC(=O)CC1CC[C@@H]1C2CC[C@]2(C)C(c3cccnc3)=CCC12.[HH].[HH].[HH]. The number of aromatic nitrogens is 1. The number of hydrogen-bond acceptors (Lipinski definition) is 3. The van der Waals surface area contributed by atoms with E-state index in [0.29, 0.717) is 24.9 Å². The molecule has 3 fully saturated rings. The third kappa shape index (κ3) is 2.18. The summed E-state index contributed by atoms with van der Waals surface area (Å²) in [4.78, 5) is 16.2. The molecule has 0 bridgehead atoms. The Hall–Kier alpha value is -1.64. The van der Waals surface area contributed by atoms with E-state index in [2.05, 4.69) is 37.0 Å². The lowest BCUT2D eigenvalue weighted by atomic mass is 9.46. The molecule has 1 saturated heterocycles. The van der Waals surface area contributed by atoms with Gasteiger partial charge in [0.15, 0.2) is 0 Å². The number of rotatable bonds is 1. The van der Waals surface area contributed by atoms with Crippen LogP contribution in [0.1, 0.15) is 62.2 Å². The van der Waals surface area contributed by atoms with Crippen LogP contribution in [0.25, 0.3) is 5.57 Å². The van der Waals surface area contributed by atoms with Crippen LogP contribution in [0.4, 0.5) is 0 Å². The predicted octanol–water partition coefficient (Wildman–Crippen LogP) is 5.62. The fourth-order valence-electron chi connectivity index (χ4n) is 7.13. The standard InChI is InChI=1S/C23H29NO2.3H2/c1-22-10-9-20-17(6-5-16-12-21(25)26-14-23(16,20)2)19(22)8-7-18(22)15-4-3-11-24-13-15;;;/h3-4,7,11,13,16-17,19-20H,5-6,8-10,12,14H2,1-2H3;3*1H/t16?,17-,19?,20?,22+,23-;;;/m0.../s1. The van der Waals surface area contributed by atoms with Crippen molar-refractivity contribution < 1.29 is 13.8 Å². The molecule has 26 heavy (non-hydrogen) atoms. The van der Waals surface area contributed by atoms with Gasteiger partial charge in [-0.2, -0.15) is 0 Å². The van der Waals surface area contributed by atoms with Gasteiger partial charge in [-0.05, 0) is 78.4 Å². The first-order valence-electron chi connectivity index (χ1n) is 10.3. The van der Waals surface area contributed by atoms with Crippen molar-refractivity contribution in [1.29, 1.82) is 0 Å². The molecule has 3 unspecified atom stereocenters. The lowest BCUT2D eigenvalue weighted by Crippen LogP contribution is -2.55. The van der Waals surface area contributed by atoms with Gasteiger partial charge in [-0.3, -0.25) is 9.78 Å². The van der Waals surface area contributed by atoms with Gasteiger partial charge in [-0.1, -0.05) is 26.0 Å². The second-order valence-electron chi connectivity index (χ2n) is 9.57. The molecule has 1 aromatic heterocycles. The zero-order chi connectivity index (χ0) is 17.9. The normalized spacial score (nSPS) is 44.4. The molecule has 1 aromatic rings. The first-order valence-corrected chi connectivity index (χ1v) is 10.3. The maximum atomic E-state index is 11.8. The highest BCUT2D eigenvalue weighted by molar-refractivity contribution is 5.72. The molecule has 0 radical (unpaired) electrons. The summed E-state index contributed by atoms with van der Waals surface area (Å²) < 4.78 is 5.57. The Morgan fingerprint density at radius 2 is 2.12 bits per heavy atom. The van der Waals surface area contributed by atoms with Gasteiger partial charge >= 0.3 is 5.97 Å². The van der Waals surface area contributed by atoms with Gasteiger partial charge in [-0.25, -0.2) is 0 Å². The monoisotopic (exact) mass is 357 g/mol. The molecule has 1 aliphatic heterocycles. The molecule has 5 rings (SSSR count). The number of esters is 1. The van der Waals surface area contributed by atoms with Crippen molar-refractivity contribution in [2.45, 2.75) is 52.4 Å². The summed E-state index contributed by atoms with van der Waals surface area (Å²) in [6.07, 6.45) is 13.2. The molecule has 3 nitrogen and oxygen atoms in total. The van der Waals surface area contributed by atoms with Crippen LogP contribution in [-0.4, -0.2) is 17.6 Å². The first-order chi connectivity index (χ1) is 12.5. The van der Waals surface area contributed by atoms with Gasteiger partial charge < -0.3 is 4.74 Å². The van der Waals surface area contributed by atoms with Crippen LogP contribution in [0.2, 0.25) is 0 Å². The van der Waals surface area contributed by atoms with Crippen molar-refractivity contribution in [3.05, 3.63) is 36.2 Å². The zero-order valence-corrected chi connectivity index (χ0v) is 15.9. The van der Waals surface area contributed by atoms with Crippen molar-refractivity contribution in [1.82, 2.24) is 4.98 Å². The summed E-state index contributed by atoms with van der Waals surface area (Å²) in [7, 11) is 0. The number of carbonyl (C=O) groups excluding carboxylic acids is 1. The molecule has 0 spiro atoms. The Morgan fingerprint density at radius 1 is 1.23 bits per heavy atom. The number of fused-ring (bicyclic) bond motifs is 5. The van der Waals surface area contributed by atoms with Crippen molar-refractivity contribution in [3.8, 4) is 0 Å². The minimum absolute atomic E-state index is 0. The number of ether oxygens (including phenoxy) is 1. The number of cyclic esters (lactones) is 1. The van der Waals surface area contributed by atoms with E-state index >= 15 is 0 Å². The van der Waals surface area contributed by atoms with Gasteiger partial charge in [0.05, 0.1) is 6.61 Å². The van der Waals surface area contributed by atoms with Gasteiger partial charge in [0.25, 0.3) is 0 Å². The van der Waals surface area contributed by atoms with Crippen molar-refractivity contribution in [2.24, 2.45) is 34.5 Å². The fraction of sp³-hybridized carbons (Fsp3) is 0.652. The quantitative estimate of drug-likeness (QED) is 0.612. The Labute approximate surface area is 160 Å². The van der Waals surface area contributed by atoms with Crippen LogP contribution in [0.15, 0.2) is 30.6 Å². The maximum Gasteiger partial charge on any atom is 0.306 e. The van der Waals surface area contributed by atoms with E-state index in [1.165, 1.54) is 43.2 Å². The highest BCUT2D eigenvalue weighted by Gasteiger charge is 2.59. The van der Waals surface area contributed by atoms with Crippen molar-refractivity contribution in [2.75, 3.05) is 6.61 Å². The lowest BCUT2D eigenvalue weighted by Gasteiger charge is -2.59. The molecule has 4 aliphatic rings. The third-order valence-electron chi connectivity index (χ3n) is 8.58. The van der Waals surface area contributed by atoms with E-state index in [4.69, 9.17) is 4.74 Å². The molecule has 0 N–H and O–H groups in total. The molecule has 144 valence electrons. The smallest absolute Gasteiger partial charge is 0.306 e. The number of carbonyl (C=O) groups is 1. The van der Waals surface area contributed by atoms with Crippen LogP contribution in [-0.2, 0) is 9.53 Å². The van der Waals surface area contributed by atoms with E-state index in [1.54, 1.807) is 0 Å². The minimum Gasteiger partial charge on any atom is -0.465 e. The van der Waals surface area contributed by atoms with Crippen molar-refractivity contribution >= 4 is 11.5 Å². The van der Waals surface area contributed by atoms with E-state index in [-0.39, 0.29) is 21.1 Å². The van der Waals surface area contributed by atoms with E-state index in [9.17, 15) is 4.79 Å².